The van der Waals surface area contributed by atoms with Crippen LogP contribution in [0.5, 0.6) is 0 Å². The largest absolute Gasteiger partial charge is 0.365 e. The minimum atomic E-state index is 0.0650. The van der Waals surface area contributed by atoms with Crippen LogP contribution in [-0.2, 0) is 6.42 Å². The Morgan fingerprint density at radius 3 is 2.53 bits per heavy atom. The highest BCUT2D eigenvalue weighted by atomic mass is 35.5. The van der Waals surface area contributed by atoms with E-state index in [1.807, 2.05) is 18.2 Å². The van der Waals surface area contributed by atoms with E-state index in [-0.39, 0.29) is 6.04 Å². The Bertz CT molecular complexity index is 531. The number of rotatable bonds is 5. The van der Waals surface area contributed by atoms with Gasteiger partial charge >= 0.3 is 0 Å². The smallest absolute Gasteiger partial charge is 0.145 e. The highest BCUT2D eigenvalue weighted by Gasteiger charge is 2.11. The Balaban J connectivity index is 2.06. The van der Waals surface area contributed by atoms with Gasteiger partial charge in [0.2, 0.25) is 0 Å². The first-order valence-corrected chi connectivity index (χ1v) is 7.15. The molecule has 0 fully saturated rings. The minimum Gasteiger partial charge on any atom is -0.365 e. The predicted octanol–water partition coefficient (Wildman–Crippen LogP) is 4.65. The summed E-state index contributed by atoms with van der Waals surface area (Å²) in [5.74, 6) is 1.07. The van der Waals surface area contributed by atoms with Crippen molar-refractivity contribution in [1.29, 1.82) is 0 Å². The minimum absolute atomic E-state index is 0.0650. The SMILES string of the molecule is ClCC(Cc1ccccc1)Nc1ncc(Cl)cc1Cl. The molecule has 100 valence electrons. The molecule has 2 rings (SSSR count). The zero-order chi connectivity index (χ0) is 13.7. The molecule has 0 radical (unpaired) electrons. The van der Waals surface area contributed by atoms with E-state index in [1.54, 1.807) is 12.3 Å². The zero-order valence-corrected chi connectivity index (χ0v) is 12.4. The van der Waals surface area contributed by atoms with E-state index in [2.05, 4.69) is 22.4 Å². The van der Waals surface area contributed by atoms with Gasteiger partial charge in [0, 0.05) is 18.1 Å². The van der Waals surface area contributed by atoms with Crippen molar-refractivity contribution in [3.8, 4) is 0 Å². The van der Waals surface area contributed by atoms with Gasteiger partial charge < -0.3 is 5.32 Å². The molecule has 0 spiro atoms. The molecule has 19 heavy (non-hydrogen) atoms. The van der Waals surface area contributed by atoms with E-state index >= 15 is 0 Å². The molecule has 5 heteroatoms. The Labute approximate surface area is 127 Å². The van der Waals surface area contributed by atoms with Crippen molar-refractivity contribution in [1.82, 2.24) is 4.98 Å². The molecule has 1 atom stereocenters. The van der Waals surface area contributed by atoms with E-state index in [0.29, 0.717) is 21.7 Å². The van der Waals surface area contributed by atoms with Crippen LogP contribution < -0.4 is 5.32 Å². The highest BCUT2D eigenvalue weighted by Crippen LogP contribution is 2.23. The number of halogens is 3. The van der Waals surface area contributed by atoms with Crippen molar-refractivity contribution in [2.24, 2.45) is 0 Å². The fourth-order valence-electron chi connectivity index (χ4n) is 1.76. The second-order valence-electron chi connectivity index (χ2n) is 4.17. The van der Waals surface area contributed by atoms with Gasteiger partial charge in [-0.1, -0.05) is 53.5 Å². The van der Waals surface area contributed by atoms with Crippen LogP contribution in [0.25, 0.3) is 0 Å². The van der Waals surface area contributed by atoms with Crippen LogP contribution in [0.3, 0.4) is 0 Å². The fourth-order valence-corrected chi connectivity index (χ4v) is 2.38. The molecular formula is C14H13Cl3N2. The molecule has 0 aliphatic heterocycles. The van der Waals surface area contributed by atoms with Gasteiger partial charge in [0.25, 0.3) is 0 Å². The van der Waals surface area contributed by atoms with Crippen LogP contribution in [0.4, 0.5) is 5.82 Å². The third-order valence-electron chi connectivity index (χ3n) is 2.66. The monoisotopic (exact) mass is 314 g/mol. The van der Waals surface area contributed by atoms with Gasteiger partial charge in [0.15, 0.2) is 0 Å². The molecule has 0 amide bonds. The molecule has 1 aromatic carbocycles. The summed E-state index contributed by atoms with van der Waals surface area (Å²) >= 11 is 17.9. The quantitative estimate of drug-likeness (QED) is 0.812. The highest BCUT2D eigenvalue weighted by molar-refractivity contribution is 6.36. The molecule has 0 saturated carbocycles. The van der Waals surface area contributed by atoms with Crippen LogP contribution >= 0.6 is 34.8 Å². The summed E-state index contributed by atoms with van der Waals surface area (Å²) in [5, 5.41) is 4.25. The van der Waals surface area contributed by atoms with Crippen molar-refractivity contribution in [2.75, 3.05) is 11.2 Å². The third kappa shape index (κ3) is 4.27. The van der Waals surface area contributed by atoms with Crippen LogP contribution in [-0.4, -0.2) is 16.9 Å². The maximum Gasteiger partial charge on any atom is 0.145 e. The zero-order valence-electron chi connectivity index (χ0n) is 10.1. The normalized spacial score (nSPS) is 12.2. The van der Waals surface area contributed by atoms with E-state index in [0.717, 1.165) is 6.42 Å². The number of benzene rings is 1. The van der Waals surface area contributed by atoms with Crippen LogP contribution in [0, 0.1) is 0 Å². The van der Waals surface area contributed by atoms with Crippen LogP contribution in [0.15, 0.2) is 42.6 Å². The average molecular weight is 316 g/mol. The van der Waals surface area contributed by atoms with Gasteiger partial charge in [-0.25, -0.2) is 4.98 Å². The second kappa shape index (κ2) is 6.99. The van der Waals surface area contributed by atoms with Crippen LogP contribution in [0.1, 0.15) is 5.56 Å². The number of pyridine rings is 1. The third-order valence-corrected chi connectivity index (χ3v) is 3.53. The van der Waals surface area contributed by atoms with Crippen molar-refractivity contribution >= 4 is 40.6 Å². The molecule has 2 aromatic rings. The average Bonchev–Trinajstić information content (AvgIpc) is 2.42. The lowest BCUT2D eigenvalue weighted by atomic mass is 10.1. The van der Waals surface area contributed by atoms with E-state index in [9.17, 15) is 0 Å². The maximum absolute atomic E-state index is 6.08. The number of alkyl halides is 1. The first-order chi connectivity index (χ1) is 9.19. The summed E-state index contributed by atoms with van der Waals surface area (Å²) in [7, 11) is 0. The number of nitrogens with one attached hydrogen (secondary N) is 1. The Hall–Kier alpha value is -0.960. The Morgan fingerprint density at radius 2 is 1.89 bits per heavy atom. The van der Waals surface area contributed by atoms with Crippen molar-refractivity contribution in [3.63, 3.8) is 0 Å². The lowest BCUT2D eigenvalue weighted by Gasteiger charge is -2.17. The number of anilines is 1. The molecule has 1 unspecified atom stereocenters. The molecule has 2 nitrogen and oxygen atoms in total. The van der Waals surface area contributed by atoms with E-state index in [1.165, 1.54) is 5.56 Å². The first-order valence-electron chi connectivity index (χ1n) is 5.86. The molecule has 1 aromatic heterocycles. The lowest BCUT2D eigenvalue weighted by molar-refractivity contribution is 0.791. The summed E-state index contributed by atoms with van der Waals surface area (Å²) in [6.45, 7) is 0. The molecule has 0 aliphatic carbocycles. The number of hydrogen-bond donors (Lipinski definition) is 1. The predicted molar refractivity (Wildman–Crippen MR) is 82.5 cm³/mol. The summed E-state index contributed by atoms with van der Waals surface area (Å²) in [5.41, 5.74) is 1.21. The van der Waals surface area contributed by atoms with Gasteiger partial charge in [0.05, 0.1) is 10.0 Å². The summed E-state index contributed by atoms with van der Waals surface area (Å²) in [6, 6.07) is 11.9. The maximum atomic E-state index is 6.08. The summed E-state index contributed by atoms with van der Waals surface area (Å²) < 4.78 is 0. The fraction of sp³-hybridized carbons (Fsp3) is 0.214. The van der Waals surface area contributed by atoms with E-state index < -0.39 is 0 Å². The van der Waals surface area contributed by atoms with E-state index in [4.69, 9.17) is 34.8 Å². The topological polar surface area (TPSA) is 24.9 Å². The second-order valence-corrected chi connectivity index (χ2v) is 5.32. The van der Waals surface area contributed by atoms with Crippen molar-refractivity contribution < 1.29 is 0 Å². The van der Waals surface area contributed by atoms with Gasteiger partial charge in [0.1, 0.15) is 5.82 Å². The summed E-state index contributed by atoms with van der Waals surface area (Å²) in [4.78, 5) is 4.17. The van der Waals surface area contributed by atoms with Gasteiger partial charge in [-0.2, -0.15) is 0 Å². The Kier molecular flexibility index (Phi) is 5.32. The van der Waals surface area contributed by atoms with Crippen molar-refractivity contribution in [3.05, 3.63) is 58.2 Å². The molecular weight excluding hydrogens is 303 g/mol. The standard InChI is InChI=1S/C14H13Cl3N2/c15-8-12(6-10-4-2-1-3-5-10)19-14-13(17)7-11(16)9-18-14/h1-5,7,9,12H,6,8H2,(H,18,19). The number of hydrogen-bond acceptors (Lipinski definition) is 2. The molecule has 1 N–H and O–H groups in total. The Morgan fingerprint density at radius 1 is 1.16 bits per heavy atom. The van der Waals surface area contributed by atoms with Gasteiger partial charge in [-0.15, -0.1) is 11.6 Å². The number of aromatic nitrogens is 1. The molecule has 0 aliphatic rings. The molecule has 0 saturated heterocycles. The van der Waals surface area contributed by atoms with Gasteiger partial charge in [-0.05, 0) is 18.1 Å². The first kappa shape index (κ1) is 14.4. The van der Waals surface area contributed by atoms with Crippen molar-refractivity contribution in [2.45, 2.75) is 12.5 Å². The lowest BCUT2D eigenvalue weighted by Crippen LogP contribution is -2.24. The van der Waals surface area contributed by atoms with Crippen LogP contribution in [0.2, 0.25) is 10.0 Å². The van der Waals surface area contributed by atoms with Gasteiger partial charge in [-0.3, -0.25) is 0 Å². The molecule has 1 heterocycles. The number of nitrogens with zero attached hydrogens (tertiary/aromatic N) is 1. The molecule has 0 bridgehead atoms. The summed E-state index contributed by atoms with van der Waals surface area (Å²) in [6.07, 6.45) is 2.37.